The molecule has 6 heteroatoms. The van der Waals surface area contributed by atoms with E-state index in [9.17, 15) is 19.8 Å². The van der Waals surface area contributed by atoms with E-state index in [0.29, 0.717) is 11.1 Å². The topological polar surface area (TPSA) is 93.1 Å². The summed E-state index contributed by atoms with van der Waals surface area (Å²) < 4.78 is 12.0. The molecule has 2 rings (SSSR count). The van der Waals surface area contributed by atoms with Crippen molar-refractivity contribution in [3.05, 3.63) is 59.7 Å². The van der Waals surface area contributed by atoms with Crippen molar-refractivity contribution in [1.82, 2.24) is 0 Å². The number of esters is 2. The molecule has 0 bridgehead atoms. The molecular formula is C39H60O6. The van der Waals surface area contributed by atoms with Gasteiger partial charge in [-0.05, 0) is 55.2 Å². The fourth-order valence-electron chi connectivity index (χ4n) is 5.83. The minimum atomic E-state index is -1.22. The molecule has 0 aliphatic rings. The second-order valence-electron chi connectivity index (χ2n) is 12.8. The van der Waals surface area contributed by atoms with Crippen LogP contribution in [0.4, 0.5) is 0 Å². The van der Waals surface area contributed by atoms with E-state index >= 15 is 0 Å². The maximum absolute atomic E-state index is 13.2. The molecule has 6 nitrogen and oxygen atoms in total. The molecule has 0 saturated heterocycles. The molecule has 45 heavy (non-hydrogen) atoms. The fraction of sp³-hybridized carbons (Fsp3) is 0.641. The Labute approximate surface area is 272 Å². The molecule has 252 valence electrons. The smallest absolute Gasteiger partial charge is 0.308 e. The monoisotopic (exact) mass is 624 g/mol. The summed E-state index contributed by atoms with van der Waals surface area (Å²) in [6.07, 6.45) is 19.9. The van der Waals surface area contributed by atoms with Crippen LogP contribution in [0.25, 0.3) is 0 Å². The highest BCUT2D eigenvalue weighted by Crippen LogP contribution is 2.39. The van der Waals surface area contributed by atoms with E-state index in [1.54, 1.807) is 48.5 Å². The van der Waals surface area contributed by atoms with Gasteiger partial charge in [-0.15, -0.1) is 0 Å². The van der Waals surface area contributed by atoms with Crippen LogP contribution in [0.3, 0.4) is 0 Å². The number of unbranched alkanes of at least 4 members (excludes halogenated alkanes) is 16. The van der Waals surface area contributed by atoms with Crippen LogP contribution in [0.2, 0.25) is 0 Å². The molecule has 0 aromatic heterocycles. The normalized spacial score (nSPS) is 11.6. The SMILES string of the molecule is CCCCCCCCCCCC(=O)OC(OC(=O)CCCCCCCCCCC)C(C)(c1ccc(O)cc1)c1ccc(O)cc1. The van der Waals surface area contributed by atoms with E-state index in [1.165, 1.54) is 77.0 Å². The molecular weight excluding hydrogens is 564 g/mol. The van der Waals surface area contributed by atoms with Gasteiger partial charge >= 0.3 is 11.9 Å². The van der Waals surface area contributed by atoms with Gasteiger partial charge < -0.3 is 19.7 Å². The summed E-state index contributed by atoms with van der Waals surface area (Å²) >= 11 is 0. The molecule has 0 atom stereocenters. The third-order valence-electron chi connectivity index (χ3n) is 8.85. The van der Waals surface area contributed by atoms with E-state index in [-0.39, 0.29) is 24.3 Å². The first-order valence-corrected chi connectivity index (χ1v) is 17.8. The molecule has 2 aromatic rings. The van der Waals surface area contributed by atoms with E-state index in [2.05, 4.69) is 13.8 Å². The molecule has 0 spiro atoms. The number of hydrogen-bond acceptors (Lipinski definition) is 6. The molecule has 0 saturated carbocycles. The number of aromatic hydroxyl groups is 2. The summed E-state index contributed by atoms with van der Waals surface area (Å²) in [5.74, 6) is -0.591. The highest BCUT2D eigenvalue weighted by atomic mass is 16.7. The molecule has 0 amide bonds. The number of carbonyl (C=O) groups is 2. The molecule has 2 aromatic carbocycles. The van der Waals surface area contributed by atoms with E-state index in [1.807, 2.05) is 6.92 Å². The van der Waals surface area contributed by atoms with Crippen LogP contribution in [-0.2, 0) is 24.5 Å². The van der Waals surface area contributed by atoms with Gasteiger partial charge in [0.1, 0.15) is 11.5 Å². The Bertz CT molecular complexity index is 980. The minimum Gasteiger partial charge on any atom is -0.508 e. The van der Waals surface area contributed by atoms with Gasteiger partial charge in [-0.1, -0.05) is 141 Å². The Kier molecular flexibility index (Phi) is 19.1. The molecule has 2 N–H and O–H groups in total. The van der Waals surface area contributed by atoms with Crippen molar-refractivity contribution < 1.29 is 29.3 Å². The van der Waals surface area contributed by atoms with Crippen molar-refractivity contribution in [3.63, 3.8) is 0 Å². The average molecular weight is 625 g/mol. The number of rotatable bonds is 25. The van der Waals surface area contributed by atoms with Gasteiger partial charge in [-0.25, -0.2) is 0 Å². The van der Waals surface area contributed by atoms with Crippen LogP contribution in [0.15, 0.2) is 48.5 Å². The first kappa shape index (κ1) is 38.2. The zero-order valence-corrected chi connectivity index (χ0v) is 28.4. The number of phenolic OH excluding ortho intramolecular Hbond substituents is 2. The van der Waals surface area contributed by atoms with E-state index < -0.39 is 23.6 Å². The van der Waals surface area contributed by atoms with Gasteiger partial charge in [0, 0.05) is 12.8 Å². The first-order valence-electron chi connectivity index (χ1n) is 17.8. The summed E-state index contributed by atoms with van der Waals surface area (Å²) in [6, 6.07) is 13.3. The molecule has 0 unspecified atom stereocenters. The largest absolute Gasteiger partial charge is 0.508 e. The summed E-state index contributed by atoms with van der Waals surface area (Å²) in [5, 5.41) is 20.0. The van der Waals surface area contributed by atoms with Gasteiger partial charge in [-0.2, -0.15) is 0 Å². The quantitative estimate of drug-likeness (QED) is 0.0648. The van der Waals surface area contributed by atoms with Crippen LogP contribution >= 0.6 is 0 Å². The van der Waals surface area contributed by atoms with Crippen molar-refractivity contribution in [2.24, 2.45) is 0 Å². The zero-order valence-electron chi connectivity index (χ0n) is 28.4. The van der Waals surface area contributed by atoms with Crippen molar-refractivity contribution in [1.29, 1.82) is 0 Å². The Balaban J connectivity index is 2.08. The van der Waals surface area contributed by atoms with Crippen molar-refractivity contribution in [3.8, 4) is 11.5 Å². The summed E-state index contributed by atoms with van der Waals surface area (Å²) in [6.45, 7) is 6.31. The molecule has 0 aliphatic heterocycles. The third-order valence-corrected chi connectivity index (χ3v) is 8.85. The summed E-state index contributed by atoms with van der Waals surface area (Å²) in [7, 11) is 0. The van der Waals surface area contributed by atoms with E-state index in [4.69, 9.17) is 9.47 Å². The first-order chi connectivity index (χ1) is 21.8. The number of carbonyl (C=O) groups excluding carboxylic acids is 2. The van der Waals surface area contributed by atoms with Crippen molar-refractivity contribution in [2.45, 2.75) is 161 Å². The fourth-order valence-corrected chi connectivity index (χ4v) is 5.83. The van der Waals surface area contributed by atoms with Gasteiger partial charge in [0.15, 0.2) is 0 Å². The highest BCUT2D eigenvalue weighted by molar-refractivity contribution is 5.72. The predicted octanol–water partition coefficient (Wildman–Crippen LogP) is 10.7. The highest BCUT2D eigenvalue weighted by Gasteiger charge is 2.43. The van der Waals surface area contributed by atoms with E-state index in [0.717, 1.165) is 38.5 Å². The van der Waals surface area contributed by atoms with Crippen LogP contribution in [-0.4, -0.2) is 28.4 Å². The molecule has 0 heterocycles. The average Bonchev–Trinajstić information content (AvgIpc) is 3.03. The lowest BCUT2D eigenvalue weighted by Gasteiger charge is -2.37. The predicted molar refractivity (Wildman–Crippen MR) is 182 cm³/mol. The summed E-state index contributed by atoms with van der Waals surface area (Å²) in [5.41, 5.74) is 0.342. The number of ether oxygens (including phenoxy) is 2. The van der Waals surface area contributed by atoms with Gasteiger partial charge in [-0.3, -0.25) is 9.59 Å². The lowest BCUT2D eigenvalue weighted by Crippen LogP contribution is -2.44. The van der Waals surface area contributed by atoms with Crippen LogP contribution in [0.5, 0.6) is 11.5 Å². The Morgan fingerprint density at radius 1 is 0.533 bits per heavy atom. The van der Waals surface area contributed by atoms with Gasteiger partial charge in [0.2, 0.25) is 0 Å². The lowest BCUT2D eigenvalue weighted by molar-refractivity contribution is -0.198. The van der Waals surface area contributed by atoms with Crippen LogP contribution in [0, 0.1) is 0 Å². The minimum absolute atomic E-state index is 0.105. The number of hydrogen-bond donors (Lipinski definition) is 2. The standard InChI is InChI=1S/C39H60O6/c1-4-6-8-10-12-14-16-18-20-22-36(42)44-38(45-37(43)23-21-19-17-15-13-11-9-7-5-2)39(3,32-24-28-34(40)29-25-32)33-26-30-35(41)31-27-33/h24-31,38,40-41H,4-23H2,1-3H3. The van der Waals surface area contributed by atoms with Crippen molar-refractivity contribution in [2.75, 3.05) is 0 Å². The number of phenols is 2. The molecule has 0 aliphatic carbocycles. The maximum atomic E-state index is 13.2. The second-order valence-corrected chi connectivity index (χ2v) is 12.8. The summed E-state index contributed by atoms with van der Waals surface area (Å²) in [4.78, 5) is 26.4. The number of benzene rings is 2. The Hall–Kier alpha value is -3.02. The van der Waals surface area contributed by atoms with Crippen LogP contribution in [0.1, 0.15) is 160 Å². The van der Waals surface area contributed by atoms with Gasteiger partial charge in [0.25, 0.3) is 6.29 Å². The maximum Gasteiger partial charge on any atom is 0.308 e. The van der Waals surface area contributed by atoms with Gasteiger partial charge in [0.05, 0.1) is 5.41 Å². The zero-order chi connectivity index (χ0) is 32.8. The molecule has 0 fully saturated rings. The van der Waals surface area contributed by atoms with Crippen molar-refractivity contribution >= 4 is 11.9 Å². The Morgan fingerprint density at radius 2 is 0.822 bits per heavy atom. The lowest BCUT2D eigenvalue weighted by atomic mass is 9.75. The molecule has 0 radical (unpaired) electrons. The van der Waals surface area contributed by atoms with Crippen LogP contribution < -0.4 is 0 Å². The second kappa shape index (κ2) is 22.5. The third kappa shape index (κ3) is 14.7. The Morgan fingerprint density at radius 3 is 1.13 bits per heavy atom.